The molecule has 2 fully saturated rings. The van der Waals surface area contributed by atoms with Crippen molar-refractivity contribution in [2.45, 2.75) is 18.9 Å². The SMILES string of the molecule is O=C(N1CCOCC1)N1CCC[C@@H](Oc2ncccn2)C1. The van der Waals surface area contributed by atoms with E-state index in [-0.39, 0.29) is 12.1 Å². The van der Waals surface area contributed by atoms with Crippen LogP contribution in [0.2, 0.25) is 0 Å². The van der Waals surface area contributed by atoms with Crippen LogP contribution in [0.3, 0.4) is 0 Å². The maximum Gasteiger partial charge on any atom is 0.320 e. The highest BCUT2D eigenvalue weighted by atomic mass is 16.5. The zero-order chi connectivity index (χ0) is 14.5. The molecule has 0 radical (unpaired) electrons. The highest BCUT2D eigenvalue weighted by molar-refractivity contribution is 5.74. The number of rotatable bonds is 2. The molecule has 3 heterocycles. The molecule has 21 heavy (non-hydrogen) atoms. The third-order valence-electron chi connectivity index (χ3n) is 3.74. The first kappa shape index (κ1) is 14.1. The Morgan fingerprint density at radius 3 is 2.71 bits per heavy atom. The molecule has 0 spiro atoms. The van der Waals surface area contributed by atoms with Crippen molar-refractivity contribution in [1.82, 2.24) is 19.8 Å². The normalized spacial score (nSPS) is 23.0. The topological polar surface area (TPSA) is 67.8 Å². The van der Waals surface area contributed by atoms with Crippen molar-refractivity contribution >= 4 is 6.03 Å². The minimum Gasteiger partial charge on any atom is -0.458 e. The molecule has 7 heteroatoms. The number of carbonyl (C=O) groups excluding carboxylic acids is 1. The van der Waals surface area contributed by atoms with Gasteiger partial charge in [-0.15, -0.1) is 0 Å². The summed E-state index contributed by atoms with van der Waals surface area (Å²) in [6, 6.07) is 2.21. The molecule has 0 saturated carbocycles. The third-order valence-corrected chi connectivity index (χ3v) is 3.74. The van der Waals surface area contributed by atoms with Gasteiger partial charge in [0.05, 0.1) is 19.8 Å². The lowest BCUT2D eigenvalue weighted by Gasteiger charge is -2.37. The van der Waals surface area contributed by atoms with Crippen molar-refractivity contribution < 1.29 is 14.3 Å². The van der Waals surface area contributed by atoms with Crippen LogP contribution in [0.4, 0.5) is 4.79 Å². The highest BCUT2D eigenvalue weighted by Crippen LogP contribution is 2.16. The average Bonchev–Trinajstić information content (AvgIpc) is 2.56. The van der Waals surface area contributed by atoms with E-state index >= 15 is 0 Å². The van der Waals surface area contributed by atoms with Gasteiger partial charge in [0.2, 0.25) is 0 Å². The van der Waals surface area contributed by atoms with Gasteiger partial charge >= 0.3 is 12.0 Å². The van der Waals surface area contributed by atoms with E-state index in [0.717, 1.165) is 19.4 Å². The first-order valence-corrected chi connectivity index (χ1v) is 7.38. The standard InChI is InChI=1S/C14H20N4O3/c19-14(17-7-9-20-10-8-17)18-6-1-3-12(11-18)21-13-15-4-2-5-16-13/h2,4-5,12H,1,3,6-11H2/t12-/m1/s1. The number of piperidine rings is 1. The number of urea groups is 1. The van der Waals surface area contributed by atoms with Crippen molar-refractivity contribution in [2.75, 3.05) is 39.4 Å². The Kier molecular flexibility index (Phi) is 4.49. The van der Waals surface area contributed by atoms with E-state index in [1.165, 1.54) is 0 Å². The van der Waals surface area contributed by atoms with Crippen LogP contribution in [-0.4, -0.2) is 71.3 Å². The van der Waals surface area contributed by atoms with Gasteiger partial charge in [0.15, 0.2) is 0 Å². The number of morpholine rings is 1. The molecule has 1 aromatic heterocycles. The van der Waals surface area contributed by atoms with Crippen molar-refractivity contribution in [1.29, 1.82) is 0 Å². The summed E-state index contributed by atoms with van der Waals surface area (Å²) in [4.78, 5) is 24.3. The Bertz CT molecular complexity index is 465. The fourth-order valence-electron chi connectivity index (χ4n) is 2.66. The van der Waals surface area contributed by atoms with Crippen LogP contribution in [0.25, 0.3) is 0 Å². The van der Waals surface area contributed by atoms with Gasteiger partial charge < -0.3 is 19.3 Å². The van der Waals surface area contributed by atoms with Gasteiger partial charge in [-0.3, -0.25) is 0 Å². The predicted octanol–water partition coefficient (Wildman–Crippen LogP) is 0.772. The van der Waals surface area contributed by atoms with Gasteiger partial charge in [0, 0.05) is 32.0 Å². The molecule has 0 aliphatic carbocycles. The van der Waals surface area contributed by atoms with Gasteiger partial charge in [-0.25, -0.2) is 14.8 Å². The van der Waals surface area contributed by atoms with Crippen LogP contribution >= 0.6 is 0 Å². The summed E-state index contributed by atoms with van der Waals surface area (Å²) in [5.74, 6) is 0. The summed E-state index contributed by atoms with van der Waals surface area (Å²) in [5, 5.41) is 0. The van der Waals surface area contributed by atoms with Gasteiger partial charge in [-0.1, -0.05) is 0 Å². The van der Waals surface area contributed by atoms with E-state index in [2.05, 4.69) is 9.97 Å². The number of likely N-dealkylation sites (tertiary alicyclic amines) is 1. The van der Waals surface area contributed by atoms with Crippen molar-refractivity contribution in [3.05, 3.63) is 18.5 Å². The number of nitrogens with zero attached hydrogens (tertiary/aromatic N) is 4. The second kappa shape index (κ2) is 6.71. The van der Waals surface area contributed by atoms with Gasteiger partial charge in [-0.05, 0) is 18.9 Å². The molecule has 2 aliphatic heterocycles. The quantitative estimate of drug-likeness (QED) is 0.805. The van der Waals surface area contributed by atoms with Crippen molar-refractivity contribution in [3.63, 3.8) is 0 Å². The van der Waals surface area contributed by atoms with Crippen LogP contribution in [0.5, 0.6) is 6.01 Å². The molecule has 114 valence electrons. The number of aromatic nitrogens is 2. The molecule has 3 rings (SSSR count). The van der Waals surface area contributed by atoms with E-state index in [9.17, 15) is 4.79 Å². The summed E-state index contributed by atoms with van der Waals surface area (Å²) in [6.07, 6.45) is 5.13. The lowest BCUT2D eigenvalue weighted by Crippen LogP contribution is -2.52. The highest BCUT2D eigenvalue weighted by Gasteiger charge is 2.29. The summed E-state index contributed by atoms with van der Waals surface area (Å²) >= 11 is 0. The number of carbonyl (C=O) groups is 1. The van der Waals surface area contributed by atoms with Crippen molar-refractivity contribution in [3.8, 4) is 6.01 Å². The largest absolute Gasteiger partial charge is 0.458 e. The van der Waals surface area contributed by atoms with E-state index in [0.29, 0.717) is 38.9 Å². The fourth-order valence-corrected chi connectivity index (χ4v) is 2.66. The molecule has 0 N–H and O–H groups in total. The van der Waals surface area contributed by atoms with E-state index in [4.69, 9.17) is 9.47 Å². The zero-order valence-electron chi connectivity index (χ0n) is 12.0. The number of hydrogen-bond donors (Lipinski definition) is 0. The molecule has 0 bridgehead atoms. The molecule has 0 aromatic carbocycles. The summed E-state index contributed by atoms with van der Waals surface area (Å²) < 4.78 is 11.0. The Morgan fingerprint density at radius 1 is 1.19 bits per heavy atom. The van der Waals surface area contributed by atoms with Crippen LogP contribution in [0, 0.1) is 0 Å². The van der Waals surface area contributed by atoms with Gasteiger partial charge in [0.25, 0.3) is 0 Å². The lowest BCUT2D eigenvalue weighted by molar-refractivity contribution is 0.0320. The number of amides is 2. The van der Waals surface area contributed by atoms with Gasteiger partial charge in [-0.2, -0.15) is 0 Å². The van der Waals surface area contributed by atoms with Crippen LogP contribution in [0.1, 0.15) is 12.8 Å². The second-order valence-corrected chi connectivity index (χ2v) is 5.24. The predicted molar refractivity (Wildman–Crippen MR) is 75.0 cm³/mol. The van der Waals surface area contributed by atoms with E-state index in [1.54, 1.807) is 18.5 Å². The van der Waals surface area contributed by atoms with Crippen LogP contribution in [0.15, 0.2) is 18.5 Å². The molecular weight excluding hydrogens is 272 g/mol. The van der Waals surface area contributed by atoms with Crippen LogP contribution in [-0.2, 0) is 4.74 Å². The Hall–Kier alpha value is -1.89. The molecular formula is C14H20N4O3. The molecule has 2 saturated heterocycles. The maximum atomic E-state index is 12.5. The van der Waals surface area contributed by atoms with Crippen molar-refractivity contribution in [2.24, 2.45) is 0 Å². The minimum atomic E-state index is -0.0360. The number of ether oxygens (including phenoxy) is 2. The molecule has 2 amide bonds. The Balaban J connectivity index is 1.56. The smallest absolute Gasteiger partial charge is 0.320 e. The van der Waals surface area contributed by atoms with Gasteiger partial charge in [0.1, 0.15) is 6.10 Å². The number of hydrogen-bond acceptors (Lipinski definition) is 5. The molecule has 1 aromatic rings. The molecule has 0 unspecified atom stereocenters. The second-order valence-electron chi connectivity index (χ2n) is 5.24. The Labute approximate surface area is 123 Å². The first-order valence-electron chi connectivity index (χ1n) is 7.38. The third kappa shape index (κ3) is 3.60. The molecule has 2 aliphatic rings. The Morgan fingerprint density at radius 2 is 1.95 bits per heavy atom. The average molecular weight is 292 g/mol. The fraction of sp³-hybridized carbons (Fsp3) is 0.643. The molecule has 7 nitrogen and oxygen atoms in total. The lowest BCUT2D eigenvalue weighted by atomic mass is 10.1. The molecule has 1 atom stereocenters. The zero-order valence-corrected chi connectivity index (χ0v) is 12.0. The summed E-state index contributed by atoms with van der Waals surface area (Å²) in [7, 11) is 0. The minimum absolute atomic E-state index is 0.0360. The summed E-state index contributed by atoms with van der Waals surface area (Å²) in [5.41, 5.74) is 0. The monoisotopic (exact) mass is 292 g/mol. The summed E-state index contributed by atoms with van der Waals surface area (Å²) in [6.45, 7) is 3.96. The van der Waals surface area contributed by atoms with E-state index in [1.807, 2.05) is 9.80 Å². The van der Waals surface area contributed by atoms with Crippen LogP contribution < -0.4 is 4.74 Å². The first-order chi connectivity index (χ1) is 10.3. The van der Waals surface area contributed by atoms with E-state index < -0.39 is 0 Å². The maximum absolute atomic E-state index is 12.5.